The Balaban J connectivity index is 1.63. The minimum Gasteiger partial charge on any atom is -0.349 e. The largest absolute Gasteiger partial charge is 0.349 e. The molecule has 19 heavy (non-hydrogen) atoms. The second-order valence-corrected chi connectivity index (χ2v) is 4.22. The number of rotatable bonds is 4. The Hall–Kier alpha value is -2.63. The van der Waals surface area contributed by atoms with Crippen LogP contribution in [0.25, 0.3) is 11.0 Å². The maximum absolute atomic E-state index is 11.9. The van der Waals surface area contributed by atoms with Crippen LogP contribution in [0.1, 0.15) is 16.2 Å². The fraction of sp³-hybridized carbons (Fsp3) is 0.154. The van der Waals surface area contributed by atoms with Gasteiger partial charge in [0.15, 0.2) is 5.82 Å². The van der Waals surface area contributed by atoms with E-state index in [2.05, 4.69) is 25.5 Å². The maximum Gasteiger partial charge on any atom is 0.287 e. The first-order valence-corrected chi connectivity index (χ1v) is 6.03. The first-order chi connectivity index (χ1) is 9.33. The molecule has 0 saturated carbocycles. The van der Waals surface area contributed by atoms with Crippen molar-refractivity contribution < 1.29 is 4.79 Å². The van der Waals surface area contributed by atoms with Crippen molar-refractivity contribution in [2.45, 2.75) is 6.42 Å². The summed E-state index contributed by atoms with van der Waals surface area (Å²) >= 11 is 0. The van der Waals surface area contributed by atoms with Crippen molar-refractivity contribution >= 4 is 16.9 Å². The third-order valence-electron chi connectivity index (χ3n) is 2.86. The smallest absolute Gasteiger partial charge is 0.287 e. The van der Waals surface area contributed by atoms with E-state index >= 15 is 0 Å². The summed E-state index contributed by atoms with van der Waals surface area (Å²) in [6.07, 6.45) is 4.29. The molecule has 0 atom stereocenters. The van der Waals surface area contributed by atoms with Gasteiger partial charge in [-0.1, -0.05) is 12.1 Å². The van der Waals surface area contributed by atoms with Crippen LogP contribution in [0, 0.1) is 0 Å². The number of imidazole rings is 1. The van der Waals surface area contributed by atoms with Crippen molar-refractivity contribution in [3.8, 4) is 0 Å². The average molecular weight is 255 g/mol. The zero-order valence-electron chi connectivity index (χ0n) is 10.2. The van der Waals surface area contributed by atoms with Crippen LogP contribution in [0.15, 0.2) is 36.7 Å². The van der Waals surface area contributed by atoms with E-state index in [0.717, 1.165) is 23.0 Å². The van der Waals surface area contributed by atoms with E-state index in [1.807, 2.05) is 30.5 Å². The van der Waals surface area contributed by atoms with E-state index in [9.17, 15) is 4.79 Å². The van der Waals surface area contributed by atoms with E-state index in [-0.39, 0.29) is 5.91 Å². The Labute approximate surface area is 109 Å². The Kier molecular flexibility index (Phi) is 2.97. The molecule has 2 aromatic heterocycles. The van der Waals surface area contributed by atoms with Crippen molar-refractivity contribution in [1.29, 1.82) is 0 Å². The standard InChI is InChI=1S/C13H13N5O/c19-13(14-6-5-9-7-15-16-8-9)12-17-10-3-1-2-4-11(10)18-12/h1-4,7-8H,5-6H2,(H,14,19)(H,15,16)(H,17,18). The van der Waals surface area contributed by atoms with Crippen LogP contribution in [0.3, 0.4) is 0 Å². The molecule has 6 heteroatoms. The molecule has 96 valence electrons. The summed E-state index contributed by atoms with van der Waals surface area (Å²) in [4.78, 5) is 19.2. The maximum atomic E-state index is 11.9. The predicted molar refractivity (Wildman–Crippen MR) is 70.7 cm³/mol. The van der Waals surface area contributed by atoms with E-state index in [4.69, 9.17) is 0 Å². The lowest BCUT2D eigenvalue weighted by Crippen LogP contribution is -2.26. The lowest BCUT2D eigenvalue weighted by Gasteiger charge is -2.00. The molecule has 6 nitrogen and oxygen atoms in total. The number of aromatic amines is 2. The minimum absolute atomic E-state index is 0.195. The first kappa shape index (κ1) is 11.5. The molecule has 3 N–H and O–H groups in total. The summed E-state index contributed by atoms with van der Waals surface area (Å²) in [6.45, 7) is 0.551. The highest BCUT2D eigenvalue weighted by Gasteiger charge is 2.10. The molecular formula is C13H13N5O. The number of carbonyl (C=O) groups excluding carboxylic acids is 1. The molecule has 0 radical (unpaired) electrons. The van der Waals surface area contributed by atoms with Gasteiger partial charge in [-0.05, 0) is 24.1 Å². The van der Waals surface area contributed by atoms with Crippen LogP contribution >= 0.6 is 0 Å². The molecule has 0 aliphatic heterocycles. The number of hydrogen-bond acceptors (Lipinski definition) is 3. The van der Waals surface area contributed by atoms with Gasteiger partial charge in [-0.2, -0.15) is 5.10 Å². The van der Waals surface area contributed by atoms with Gasteiger partial charge in [0.25, 0.3) is 5.91 Å². The number of aromatic nitrogens is 4. The fourth-order valence-electron chi connectivity index (χ4n) is 1.88. The van der Waals surface area contributed by atoms with E-state index in [1.54, 1.807) is 6.20 Å². The third kappa shape index (κ3) is 2.47. The van der Waals surface area contributed by atoms with Crippen molar-refractivity contribution in [2.75, 3.05) is 6.54 Å². The number of hydrogen-bond donors (Lipinski definition) is 3. The molecule has 3 rings (SSSR count). The molecule has 0 saturated heterocycles. The highest BCUT2D eigenvalue weighted by molar-refractivity contribution is 5.94. The SMILES string of the molecule is O=C(NCCc1cn[nH]c1)c1nc2ccccc2[nH]1. The number of para-hydroxylation sites is 2. The van der Waals surface area contributed by atoms with Gasteiger partial charge in [0.1, 0.15) is 0 Å². The number of nitrogens with zero attached hydrogens (tertiary/aromatic N) is 2. The van der Waals surface area contributed by atoms with Gasteiger partial charge in [-0.3, -0.25) is 9.89 Å². The Morgan fingerprint density at radius 1 is 1.32 bits per heavy atom. The number of nitrogens with one attached hydrogen (secondary N) is 3. The van der Waals surface area contributed by atoms with Crippen molar-refractivity contribution in [2.24, 2.45) is 0 Å². The molecule has 0 aliphatic rings. The molecule has 0 bridgehead atoms. The summed E-state index contributed by atoms with van der Waals surface area (Å²) in [7, 11) is 0. The minimum atomic E-state index is -0.195. The van der Waals surface area contributed by atoms with Gasteiger partial charge in [0.05, 0.1) is 17.2 Å². The van der Waals surface area contributed by atoms with Crippen LogP contribution in [0.5, 0.6) is 0 Å². The van der Waals surface area contributed by atoms with Gasteiger partial charge in [-0.25, -0.2) is 4.98 Å². The second-order valence-electron chi connectivity index (χ2n) is 4.22. The molecular weight excluding hydrogens is 242 g/mol. The summed E-state index contributed by atoms with van der Waals surface area (Å²) < 4.78 is 0. The number of carbonyl (C=O) groups is 1. The van der Waals surface area contributed by atoms with Crippen molar-refractivity contribution in [3.05, 3.63) is 48.0 Å². The monoisotopic (exact) mass is 255 g/mol. The quantitative estimate of drug-likeness (QED) is 0.656. The van der Waals surface area contributed by atoms with Crippen LogP contribution in [-0.2, 0) is 6.42 Å². The lowest BCUT2D eigenvalue weighted by molar-refractivity contribution is 0.0945. The number of H-pyrrole nitrogens is 2. The first-order valence-electron chi connectivity index (χ1n) is 6.03. The average Bonchev–Trinajstić information content (AvgIpc) is 3.07. The Bertz CT molecular complexity index is 653. The Morgan fingerprint density at radius 2 is 2.21 bits per heavy atom. The molecule has 0 unspecified atom stereocenters. The highest BCUT2D eigenvalue weighted by atomic mass is 16.2. The number of amides is 1. The summed E-state index contributed by atoms with van der Waals surface area (Å²) in [5.41, 5.74) is 2.72. The number of benzene rings is 1. The van der Waals surface area contributed by atoms with Gasteiger partial charge in [0, 0.05) is 12.7 Å². The normalized spacial score (nSPS) is 10.7. The van der Waals surface area contributed by atoms with Gasteiger partial charge in [-0.15, -0.1) is 0 Å². The fourth-order valence-corrected chi connectivity index (χ4v) is 1.88. The Morgan fingerprint density at radius 3 is 3.00 bits per heavy atom. The van der Waals surface area contributed by atoms with Crippen LogP contribution in [-0.4, -0.2) is 32.6 Å². The zero-order valence-corrected chi connectivity index (χ0v) is 10.2. The van der Waals surface area contributed by atoms with Crippen LogP contribution < -0.4 is 5.32 Å². The third-order valence-corrected chi connectivity index (χ3v) is 2.86. The van der Waals surface area contributed by atoms with Crippen LogP contribution in [0.2, 0.25) is 0 Å². The van der Waals surface area contributed by atoms with Gasteiger partial charge in [0.2, 0.25) is 0 Å². The molecule has 1 aromatic carbocycles. The van der Waals surface area contributed by atoms with Crippen LogP contribution in [0.4, 0.5) is 0 Å². The van der Waals surface area contributed by atoms with Crippen molar-refractivity contribution in [1.82, 2.24) is 25.5 Å². The lowest BCUT2D eigenvalue weighted by atomic mass is 10.2. The van der Waals surface area contributed by atoms with E-state index in [1.165, 1.54) is 0 Å². The topological polar surface area (TPSA) is 86.5 Å². The van der Waals surface area contributed by atoms with Gasteiger partial charge < -0.3 is 10.3 Å². The zero-order chi connectivity index (χ0) is 13.1. The summed E-state index contributed by atoms with van der Waals surface area (Å²) in [5.74, 6) is 0.146. The second kappa shape index (κ2) is 4.93. The molecule has 2 heterocycles. The predicted octanol–water partition coefficient (Wildman–Crippen LogP) is 1.26. The molecule has 1 amide bonds. The van der Waals surface area contributed by atoms with E-state index < -0.39 is 0 Å². The van der Waals surface area contributed by atoms with Gasteiger partial charge >= 0.3 is 0 Å². The highest BCUT2D eigenvalue weighted by Crippen LogP contribution is 2.09. The van der Waals surface area contributed by atoms with Crippen molar-refractivity contribution in [3.63, 3.8) is 0 Å². The molecule has 0 spiro atoms. The summed E-state index contributed by atoms with van der Waals surface area (Å²) in [6, 6.07) is 7.56. The molecule has 0 aliphatic carbocycles. The molecule has 3 aromatic rings. The number of fused-ring (bicyclic) bond motifs is 1. The van der Waals surface area contributed by atoms with E-state index in [0.29, 0.717) is 12.4 Å². The summed E-state index contributed by atoms with van der Waals surface area (Å²) in [5, 5.41) is 9.41. The molecule has 0 fully saturated rings.